The van der Waals surface area contributed by atoms with E-state index in [4.69, 9.17) is 14.0 Å². The van der Waals surface area contributed by atoms with Gasteiger partial charge in [-0.1, -0.05) is 23.4 Å². The van der Waals surface area contributed by atoms with Crippen LogP contribution >= 0.6 is 0 Å². The first-order valence-corrected chi connectivity index (χ1v) is 12.1. The van der Waals surface area contributed by atoms with Crippen LogP contribution in [-0.2, 0) is 22.4 Å². The number of amides is 1. The van der Waals surface area contributed by atoms with E-state index in [-0.39, 0.29) is 24.8 Å². The predicted octanol–water partition coefficient (Wildman–Crippen LogP) is 3.74. The van der Waals surface area contributed by atoms with Gasteiger partial charge in [0.15, 0.2) is 11.5 Å². The highest BCUT2D eigenvalue weighted by Crippen LogP contribution is 2.30. The Bertz CT molecular complexity index is 1250. The van der Waals surface area contributed by atoms with E-state index in [1.807, 2.05) is 13.8 Å². The van der Waals surface area contributed by atoms with Gasteiger partial charge in [-0.3, -0.25) is 4.79 Å². The van der Waals surface area contributed by atoms with E-state index in [2.05, 4.69) is 21.8 Å². The van der Waals surface area contributed by atoms with Crippen LogP contribution < -0.4 is 19.5 Å². The van der Waals surface area contributed by atoms with E-state index < -0.39 is 10.0 Å². The molecular weight excluding hydrogens is 458 g/mol. The minimum absolute atomic E-state index is 0.165. The molecule has 0 atom stereocenters. The minimum Gasteiger partial charge on any atom is -0.493 e. The van der Waals surface area contributed by atoms with Gasteiger partial charge < -0.3 is 19.3 Å². The quantitative estimate of drug-likeness (QED) is 0.397. The fourth-order valence-corrected chi connectivity index (χ4v) is 4.23. The van der Waals surface area contributed by atoms with Crippen molar-refractivity contribution in [1.29, 1.82) is 0 Å². The molecule has 34 heavy (non-hydrogen) atoms. The lowest BCUT2D eigenvalue weighted by Crippen LogP contribution is -2.25. The van der Waals surface area contributed by atoms with Crippen molar-refractivity contribution in [2.24, 2.45) is 0 Å². The fourth-order valence-electron chi connectivity index (χ4n) is 3.13. The van der Waals surface area contributed by atoms with Gasteiger partial charge in [0.1, 0.15) is 12.4 Å². The predicted molar refractivity (Wildman–Crippen MR) is 129 cm³/mol. The van der Waals surface area contributed by atoms with Crippen LogP contribution in [0.15, 0.2) is 59.6 Å². The summed E-state index contributed by atoms with van der Waals surface area (Å²) in [6.07, 6.45) is 1.47. The molecule has 1 amide bonds. The van der Waals surface area contributed by atoms with Gasteiger partial charge in [-0.15, -0.1) is 6.58 Å². The molecule has 0 aliphatic carbocycles. The van der Waals surface area contributed by atoms with Crippen LogP contribution in [0.1, 0.15) is 32.9 Å². The summed E-state index contributed by atoms with van der Waals surface area (Å²) < 4.78 is 42.8. The summed E-state index contributed by atoms with van der Waals surface area (Å²) in [6.45, 7) is 7.57. The number of nitrogens with zero attached hydrogens (tertiary/aromatic N) is 1. The highest BCUT2D eigenvalue weighted by atomic mass is 32.2. The number of carbonyl (C=O) groups is 1. The maximum atomic E-state index is 12.7. The molecule has 9 nitrogen and oxygen atoms in total. The number of ether oxygens (including phenoxy) is 2. The van der Waals surface area contributed by atoms with Crippen LogP contribution in [0.4, 0.5) is 5.69 Å². The third kappa shape index (κ3) is 6.46. The molecule has 0 saturated heterocycles. The van der Waals surface area contributed by atoms with Crippen LogP contribution in [-0.4, -0.2) is 33.1 Å². The van der Waals surface area contributed by atoms with E-state index in [0.29, 0.717) is 34.1 Å². The lowest BCUT2D eigenvalue weighted by atomic mass is 10.1. The summed E-state index contributed by atoms with van der Waals surface area (Å²) in [4.78, 5) is 12.7. The molecule has 10 heteroatoms. The zero-order valence-corrected chi connectivity index (χ0v) is 20.1. The first-order valence-electron chi connectivity index (χ1n) is 10.4. The molecule has 0 saturated carbocycles. The third-order valence-corrected chi connectivity index (χ3v) is 6.31. The summed E-state index contributed by atoms with van der Waals surface area (Å²) in [5, 5.41) is 6.70. The second-order valence-electron chi connectivity index (χ2n) is 7.50. The number of hydrogen-bond donors (Lipinski definition) is 2. The Labute approximate surface area is 198 Å². The van der Waals surface area contributed by atoms with Crippen molar-refractivity contribution in [2.45, 2.75) is 26.2 Å². The molecule has 1 heterocycles. The number of benzene rings is 2. The monoisotopic (exact) mass is 485 g/mol. The molecule has 0 unspecified atom stereocenters. The number of aromatic nitrogens is 1. The molecule has 2 N–H and O–H groups in total. The van der Waals surface area contributed by atoms with Crippen molar-refractivity contribution in [2.75, 3.05) is 19.0 Å². The third-order valence-electron chi connectivity index (χ3n) is 5.00. The normalized spacial score (nSPS) is 11.1. The van der Waals surface area contributed by atoms with Crippen LogP contribution in [0.5, 0.6) is 11.5 Å². The van der Waals surface area contributed by atoms with Crippen molar-refractivity contribution in [3.8, 4) is 11.5 Å². The summed E-state index contributed by atoms with van der Waals surface area (Å²) >= 11 is 0. The first kappa shape index (κ1) is 25.0. The molecule has 2 aromatic carbocycles. The molecule has 0 radical (unpaired) electrons. The van der Waals surface area contributed by atoms with Crippen LogP contribution in [0, 0.1) is 13.8 Å². The highest BCUT2D eigenvalue weighted by molar-refractivity contribution is 7.88. The Kier molecular flexibility index (Phi) is 8.08. The molecule has 0 aliphatic rings. The molecule has 0 fully saturated rings. The van der Waals surface area contributed by atoms with Crippen molar-refractivity contribution in [1.82, 2.24) is 9.88 Å². The molecule has 1 aromatic heterocycles. The lowest BCUT2D eigenvalue weighted by molar-refractivity contribution is 0.102. The standard InChI is InChI=1S/C24H27N3O6S/c1-5-12-25-34(29,30)15-18-6-9-20(10-7-18)26-24(28)19-8-11-22(23(13-19)31-4)32-14-21-16(2)27-33-17(21)3/h5-11,13,25H,1,12,14-15H2,2-4H3,(H,26,28). The number of aryl methyl sites for hydroxylation is 2. The summed E-state index contributed by atoms with van der Waals surface area (Å²) in [6, 6.07) is 11.5. The van der Waals surface area contributed by atoms with Gasteiger partial charge in [-0.05, 0) is 49.7 Å². The van der Waals surface area contributed by atoms with Gasteiger partial charge in [0.25, 0.3) is 5.91 Å². The van der Waals surface area contributed by atoms with E-state index in [1.165, 1.54) is 13.2 Å². The van der Waals surface area contributed by atoms with Gasteiger partial charge in [0.2, 0.25) is 10.0 Å². The van der Waals surface area contributed by atoms with Gasteiger partial charge >= 0.3 is 0 Å². The molecule has 0 aliphatic heterocycles. The zero-order chi connectivity index (χ0) is 24.7. The molecule has 0 bridgehead atoms. The van der Waals surface area contributed by atoms with E-state index >= 15 is 0 Å². The summed E-state index contributed by atoms with van der Waals surface area (Å²) in [5.41, 5.74) is 3.11. The minimum atomic E-state index is -3.45. The highest BCUT2D eigenvalue weighted by Gasteiger charge is 2.15. The number of hydrogen-bond acceptors (Lipinski definition) is 7. The molecular formula is C24H27N3O6S. The first-order chi connectivity index (χ1) is 16.2. The number of methoxy groups -OCH3 is 1. The number of anilines is 1. The SMILES string of the molecule is C=CCNS(=O)(=O)Cc1ccc(NC(=O)c2ccc(OCc3c(C)noc3C)c(OC)c2)cc1. The van der Waals surface area contributed by atoms with Crippen LogP contribution in [0.2, 0.25) is 0 Å². The van der Waals surface area contributed by atoms with Crippen LogP contribution in [0.3, 0.4) is 0 Å². The summed E-state index contributed by atoms with van der Waals surface area (Å²) in [7, 11) is -1.96. The van der Waals surface area contributed by atoms with Gasteiger partial charge in [-0.25, -0.2) is 13.1 Å². The maximum absolute atomic E-state index is 12.7. The maximum Gasteiger partial charge on any atom is 0.255 e. The lowest BCUT2D eigenvalue weighted by Gasteiger charge is -2.12. The van der Waals surface area contributed by atoms with E-state index in [0.717, 1.165) is 11.3 Å². The fraction of sp³-hybridized carbons (Fsp3) is 0.250. The Hall–Kier alpha value is -3.63. The van der Waals surface area contributed by atoms with Crippen molar-refractivity contribution in [3.05, 3.63) is 83.3 Å². The summed E-state index contributed by atoms with van der Waals surface area (Å²) in [5.74, 6) is 1.07. The number of rotatable bonds is 11. The topological polar surface area (TPSA) is 120 Å². The van der Waals surface area contributed by atoms with E-state index in [1.54, 1.807) is 42.5 Å². The number of sulfonamides is 1. The molecule has 3 rings (SSSR count). The van der Waals surface area contributed by atoms with Crippen LogP contribution in [0.25, 0.3) is 0 Å². The Balaban J connectivity index is 1.65. The average molecular weight is 486 g/mol. The van der Waals surface area contributed by atoms with Crippen molar-refractivity contribution >= 4 is 21.6 Å². The molecule has 3 aromatic rings. The Morgan fingerprint density at radius 2 is 1.88 bits per heavy atom. The largest absolute Gasteiger partial charge is 0.493 e. The average Bonchev–Trinajstić information content (AvgIpc) is 3.14. The van der Waals surface area contributed by atoms with Crippen molar-refractivity contribution < 1.29 is 27.2 Å². The second kappa shape index (κ2) is 11.0. The van der Waals surface area contributed by atoms with Gasteiger partial charge in [0, 0.05) is 17.8 Å². The second-order valence-corrected chi connectivity index (χ2v) is 9.31. The molecule has 0 spiro atoms. The number of nitrogens with one attached hydrogen (secondary N) is 2. The smallest absolute Gasteiger partial charge is 0.255 e. The zero-order valence-electron chi connectivity index (χ0n) is 19.3. The van der Waals surface area contributed by atoms with Gasteiger partial charge in [0.05, 0.1) is 24.1 Å². The van der Waals surface area contributed by atoms with Gasteiger partial charge in [-0.2, -0.15) is 0 Å². The number of carbonyl (C=O) groups excluding carboxylic acids is 1. The molecule has 180 valence electrons. The van der Waals surface area contributed by atoms with Crippen molar-refractivity contribution in [3.63, 3.8) is 0 Å². The Morgan fingerprint density at radius 3 is 2.50 bits per heavy atom. The van der Waals surface area contributed by atoms with E-state index in [9.17, 15) is 13.2 Å². The Morgan fingerprint density at radius 1 is 1.15 bits per heavy atom.